The number of nitrogens with zero attached hydrogens (tertiary/aromatic N) is 1. The van der Waals surface area contributed by atoms with Crippen LogP contribution in [0.25, 0.3) is 10.9 Å². The quantitative estimate of drug-likeness (QED) is 0.644. The number of pyridine rings is 1. The number of hydrogen-bond donors (Lipinski definition) is 0. The summed E-state index contributed by atoms with van der Waals surface area (Å²) in [7, 11) is 0. The predicted molar refractivity (Wildman–Crippen MR) is 85.5 cm³/mol. The lowest BCUT2D eigenvalue weighted by molar-refractivity contribution is 0.0976. The number of fused-ring (bicyclic) bond motifs is 1. The second-order valence-electron chi connectivity index (χ2n) is 5.15. The molecule has 0 fully saturated rings. The number of rotatable bonds is 5. The fraction of sp³-hybridized carbons (Fsp3) is 0.158. The summed E-state index contributed by atoms with van der Waals surface area (Å²) in [5.74, 6) is 0.122. The van der Waals surface area contributed by atoms with Gasteiger partial charge in [0.15, 0.2) is 5.78 Å². The van der Waals surface area contributed by atoms with Gasteiger partial charge >= 0.3 is 0 Å². The first kappa shape index (κ1) is 13.5. The summed E-state index contributed by atoms with van der Waals surface area (Å²) >= 11 is 0. The van der Waals surface area contributed by atoms with Crippen LogP contribution in [-0.2, 0) is 6.42 Å². The monoisotopic (exact) mass is 275 g/mol. The van der Waals surface area contributed by atoms with Crippen LogP contribution >= 0.6 is 0 Å². The molecule has 2 aromatic carbocycles. The molecule has 0 unspecified atom stereocenters. The Hall–Kier alpha value is -2.48. The molecule has 0 saturated carbocycles. The highest BCUT2D eigenvalue weighted by Gasteiger charge is 2.08. The third-order valence-corrected chi connectivity index (χ3v) is 3.60. The van der Waals surface area contributed by atoms with E-state index in [0.29, 0.717) is 12.1 Å². The van der Waals surface area contributed by atoms with Crippen LogP contribution in [-0.4, -0.2) is 10.8 Å². The molecule has 2 nitrogen and oxygen atoms in total. The van der Waals surface area contributed by atoms with E-state index in [1.54, 1.807) is 0 Å². The molecule has 3 rings (SSSR count). The minimum absolute atomic E-state index is 0.122. The molecule has 0 aliphatic carbocycles. The highest BCUT2D eigenvalue weighted by molar-refractivity contribution is 5.96. The number of Topliss-reactive ketones (excluding diaryl/α,β-unsaturated/α-hetero) is 1. The van der Waals surface area contributed by atoms with Crippen molar-refractivity contribution in [2.45, 2.75) is 19.3 Å². The molecule has 0 saturated heterocycles. The summed E-state index contributed by atoms with van der Waals surface area (Å²) in [6, 6.07) is 21.9. The molecule has 0 N–H and O–H groups in total. The van der Waals surface area contributed by atoms with Gasteiger partial charge in [0.25, 0.3) is 0 Å². The van der Waals surface area contributed by atoms with Gasteiger partial charge in [0.2, 0.25) is 0 Å². The summed E-state index contributed by atoms with van der Waals surface area (Å²) < 4.78 is 0. The maximum atomic E-state index is 12.2. The predicted octanol–water partition coefficient (Wildman–Crippen LogP) is 4.44. The van der Waals surface area contributed by atoms with Crippen LogP contribution in [0.2, 0.25) is 0 Å². The molecule has 0 bridgehead atoms. The van der Waals surface area contributed by atoms with Crippen LogP contribution in [0.15, 0.2) is 66.7 Å². The lowest BCUT2D eigenvalue weighted by atomic mass is 10.0. The van der Waals surface area contributed by atoms with Gasteiger partial charge in [-0.3, -0.25) is 4.79 Å². The van der Waals surface area contributed by atoms with Gasteiger partial charge in [0.1, 0.15) is 5.69 Å². The largest absolute Gasteiger partial charge is 0.292 e. The van der Waals surface area contributed by atoms with E-state index in [0.717, 1.165) is 23.7 Å². The van der Waals surface area contributed by atoms with Crippen molar-refractivity contribution in [1.82, 2.24) is 4.98 Å². The van der Waals surface area contributed by atoms with Crippen molar-refractivity contribution in [2.75, 3.05) is 0 Å². The molecular formula is C19H17NO. The Morgan fingerprint density at radius 3 is 2.48 bits per heavy atom. The van der Waals surface area contributed by atoms with Crippen LogP contribution in [0.5, 0.6) is 0 Å². The number of aromatic nitrogens is 1. The first-order valence-corrected chi connectivity index (χ1v) is 7.26. The third-order valence-electron chi connectivity index (χ3n) is 3.60. The Labute approximate surface area is 124 Å². The lowest BCUT2D eigenvalue weighted by Gasteiger charge is -2.03. The number of ketones is 1. The van der Waals surface area contributed by atoms with Crippen molar-refractivity contribution in [3.05, 3.63) is 78.0 Å². The number of carbonyl (C=O) groups excluding carboxylic acids is 1. The standard InChI is InChI=1S/C19H17NO/c21-19(12-6-9-15-7-2-1-3-8-15)18-14-13-16-10-4-5-11-17(16)20-18/h1-5,7-8,10-11,13-14H,6,9,12H2. The Balaban J connectivity index is 1.64. The van der Waals surface area contributed by atoms with Gasteiger partial charge in [-0.2, -0.15) is 0 Å². The number of benzene rings is 2. The van der Waals surface area contributed by atoms with Crippen molar-refractivity contribution >= 4 is 16.7 Å². The summed E-state index contributed by atoms with van der Waals surface area (Å²) in [6.07, 6.45) is 2.33. The zero-order chi connectivity index (χ0) is 14.5. The Kier molecular flexibility index (Phi) is 4.06. The van der Waals surface area contributed by atoms with Crippen LogP contribution in [0, 0.1) is 0 Å². The minimum Gasteiger partial charge on any atom is -0.292 e. The van der Waals surface area contributed by atoms with E-state index in [2.05, 4.69) is 17.1 Å². The maximum absolute atomic E-state index is 12.2. The van der Waals surface area contributed by atoms with E-state index in [1.807, 2.05) is 54.6 Å². The first-order chi connectivity index (χ1) is 10.3. The second-order valence-corrected chi connectivity index (χ2v) is 5.15. The highest BCUT2D eigenvalue weighted by Crippen LogP contribution is 2.14. The van der Waals surface area contributed by atoms with E-state index in [4.69, 9.17) is 0 Å². The van der Waals surface area contributed by atoms with Gasteiger partial charge in [-0.25, -0.2) is 4.98 Å². The first-order valence-electron chi connectivity index (χ1n) is 7.26. The van der Waals surface area contributed by atoms with Gasteiger partial charge in [0.05, 0.1) is 5.52 Å². The van der Waals surface area contributed by atoms with Gasteiger partial charge < -0.3 is 0 Å². The van der Waals surface area contributed by atoms with Crippen LogP contribution in [0.1, 0.15) is 28.9 Å². The average molecular weight is 275 g/mol. The van der Waals surface area contributed by atoms with Gasteiger partial charge in [-0.15, -0.1) is 0 Å². The molecule has 21 heavy (non-hydrogen) atoms. The topological polar surface area (TPSA) is 30.0 Å². The van der Waals surface area contributed by atoms with E-state index in [1.165, 1.54) is 5.56 Å². The second kappa shape index (κ2) is 6.31. The average Bonchev–Trinajstić information content (AvgIpc) is 2.55. The molecule has 104 valence electrons. The zero-order valence-corrected chi connectivity index (χ0v) is 11.8. The third kappa shape index (κ3) is 3.34. The SMILES string of the molecule is O=C(CCCc1ccccc1)c1ccc2ccccc2n1. The number of aryl methyl sites for hydroxylation is 1. The number of hydrogen-bond acceptors (Lipinski definition) is 2. The van der Waals surface area contributed by atoms with E-state index in [9.17, 15) is 4.79 Å². The van der Waals surface area contributed by atoms with Crippen LogP contribution < -0.4 is 0 Å². The smallest absolute Gasteiger partial charge is 0.181 e. The van der Waals surface area contributed by atoms with Crippen LogP contribution in [0.4, 0.5) is 0 Å². The summed E-state index contributed by atoms with van der Waals surface area (Å²) in [4.78, 5) is 16.7. The van der Waals surface area contributed by atoms with Gasteiger partial charge in [-0.1, -0.05) is 54.6 Å². The van der Waals surface area contributed by atoms with Gasteiger partial charge in [0, 0.05) is 11.8 Å². The molecule has 0 atom stereocenters. The van der Waals surface area contributed by atoms with Crippen LogP contribution in [0.3, 0.4) is 0 Å². The van der Waals surface area contributed by atoms with E-state index in [-0.39, 0.29) is 5.78 Å². The van der Waals surface area contributed by atoms with E-state index < -0.39 is 0 Å². The Morgan fingerprint density at radius 1 is 0.857 bits per heavy atom. The molecule has 0 radical (unpaired) electrons. The number of carbonyl (C=O) groups is 1. The molecular weight excluding hydrogens is 258 g/mol. The fourth-order valence-electron chi connectivity index (χ4n) is 2.45. The van der Waals surface area contributed by atoms with Crippen molar-refractivity contribution in [3.8, 4) is 0 Å². The molecule has 0 aliphatic heterocycles. The fourth-order valence-corrected chi connectivity index (χ4v) is 2.45. The maximum Gasteiger partial charge on any atom is 0.181 e. The van der Waals surface area contributed by atoms with Crippen molar-refractivity contribution in [1.29, 1.82) is 0 Å². The normalized spacial score (nSPS) is 10.7. The Morgan fingerprint density at radius 2 is 1.62 bits per heavy atom. The zero-order valence-electron chi connectivity index (χ0n) is 11.8. The summed E-state index contributed by atoms with van der Waals surface area (Å²) in [5.41, 5.74) is 2.73. The summed E-state index contributed by atoms with van der Waals surface area (Å²) in [5, 5.41) is 1.07. The summed E-state index contributed by atoms with van der Waals surface area (Å²) in [6.45, 7) is 0. The van der Waals surface area contributed by atoms with Gasteiger partial charge in [-0.05, 0) is 30.5 Å². The lowest BCUT2D eigenvalue weighted by Crippen LogP contribution is -2.03. The molecule has 0 spiro atoms. The molecule has 2 heteroatoms. The minimum atomic E-state index is 0.122. The molecule has 0 amide bonds. The molecule has 1 heterocycles. The molecule has 0 aliphatic rings. The van der Waals surface area contributed by atoms with Crippen molar-refractivity contribution < 1.29 is 4.79 Å². The molecule has 1 aromatic heterocycles. The number of para-hydroxylation sites is 1. The van der Waals surface area contributed by atoms with Crippen molar-refractivity contribution in [3.63, 3.8) is 0 Å². The van der Waals surface area contributed by atoms with E-state index >= 15 is 0 Å². The van der Waals surface area contributed by atoms with Crippen molar-refractivity contribution in [2.24, 2.45) is 0 Å². The highest BCUT2D eigenvalue weighted by atomic mass is 16.1. The molecule has 3 aromatic rings. The Bertz CT molecular complexity index is 750.